The smallest absolute Gasteiger partial charge is 0.212 e. The van der Waals surface area contributed by atoms with Crippen LogP contribution in [0.5, 0.6) is 0 Å². The van der Waals surface area contributed by atoms with E-state index in [0.717, 1.165) is 0 Å². The summed E-state index contributed by atoms with van der Waals surface area (Å²) in [6, 6.07) is 0. The van der Waals surface area contributed by atoms with Crippen LogP contribution in [-0.2, 0) is 0 Å². The molecule has 59 heavy (non-hydrogen) atoms. The molecule has 0 atom stereocenters. The van der Waals surface area contributed by atoms with Crippen LogP contribution in [0.15, 0.2) is 12.2 Å². The Hall–Kier alpha value is -2.99. The van der Waals surface area contributed by atoms with Crippen molar-refractivity contribution in [1.82, 2.24) is 0 Å². The first-order valence-corrected chi connectivity index (χ1v) is 12.2. The molecule has 0 amide bonds. The highest BCUT2D eigenvalue weighted by Gasteiger charge is 3.02. The molecule has 0 saturated carbocycles. The molecule has 354 valence electrons. The predicted octanol–water partition coefficient (Wildman–Crippen LogP) is 13.1. The molecule has 0 aliphatic rings. The van der Waals surface area contributed by atoms with Crippen molar-refractivity contribution in [1.29, 1.82) is 0 Å². The average molecular weight is 982 g/mol. The van der Waals surface area contributed by atoms with E-state index in [-0.39, 0.29) is 0 Å². The largest absolute Gasteiger partial charge is 0.460 e. The summed E-state index contributed by atoms with van der Waals surface area (Å²) in [6.07, 6.45) is -11.2. The Kier molecular flexibility index (Phi) is 12.8. The van der Waals surface area contributed by atoms with E-state index in [2.05, 4.69) is 0 Å². The van der Waals surface area contributed by atoms with Crippen molar-refractivity contribution in [2.45, 2.75) is 107 Å². The van der Waals surface area contributed by atoms with Gasteiger partial charge in [-0.15, -0.1) is 0 Å². The van der Waals surface area contributed by atoms with Gasteiger partial charge in [0.05, 0.1) is 0 Å². The standard InChI is InChI=1S/C20HF39/c21-1-2(22)3(23,24)4(25,26)5(27,28)6(29,30)7(31,32)8(33,34)9(35,36)10(37,38)11(39,40)12(41,42)13(43,44)14(45,46)15(47,48)16(49,50)17(51,52)18(53,54)19(55,56)20(57,58)59/h1H. The third-order valence-electron chi connectivity index (χ3n) is 7.06. The van der Waals surface area contributed by atoms with Gasteiger partial charge >= 0.3 is 107 Å². The van der Waals surface area contributed by atoms with E-state index < -0.39 is 119 Å². The van der Waals surface area contributed by atoms with E-state index in [0.29, 0.717) is 0 Å². The lowest BCUT2D eigenvalue weighted by Gasteiger charge is -2.47. The highest BCUT2D eigenvalue weighted by atomic mass is 19.4. The predicted molar refractivity (Wildman–Crippen MR) is 100 cm³/mol. The molecule has 0 radical (unpaired) electrons. The van der Waals surface area contributed by atoms with Crippen LogP contribution in [0, 0.1) is 0 Å². The molecule has 0 aromatic heterocycles. The van der Waals surface area contributed by atoms with Crippen molar-refractivity contribution >= 4 is 0 Å². The van der Waals surface area contributed by atoms with Crippen LogP contribution >= 0.6 is 0 Å². The number of alkyl halides is 37. The van der Waals surface area contributed by atoms with Crippen LogP contribution in [0.4, 0.5) is 171 Å². The van der Waals surface area contributed by atoms with E-state index in [4.69, 9.17) is 0 Å². The van der Waals surface area contributed by atoms with Gasteiger partial charge in [0, 0.05) is 0 Å². The SMILES string of the molecule is FC=C(F)C(F)(F)C(F)(F)C(F)(F)C(F)(F)C(F)(F)C(F)(F)C(F)(F)C(F)(F)C(F)(F)C(F)(F)C(F)(F)C(F)(F)C(F)(F)C(F)(F)C(F)(F)C(F)(F)C(F)(F)C(F)(F)F. The van der Waals surface area contributed by atoms with Crippen LogP contribution in [0.25, 0.3) is 0 Å². The molecular formula is C20HF39. The molecule has 0 bridgehead atoms. The molecule has 0 N–H and O–H groups in total. The maximum atomic E-state index is 13.9. The Bertz CT molecular complexity index is 1560. The number of rotatable bonds is 17. The molecule has 39 heteroatoms. The minimum absolute atomic E-state index is 2.69. The van der Waals surface area contributed by atoms with Crippen molar-refractivity contribution in [2.24, 2.45) is 0 Å². The van der Waals surface area contributed by atoms with Gasteiger partial charge < -0.3 is 0 Å². The van der Waals surface area contributed by atoms with Crippen LogP contribution < -0.4 is 0 Å². The highest BCUT2D eigenvalue weighted by molar-refractivity contribution is 5.24. The van der Waals surface area contributed by atoms with E-state index in [9.17, 15) is 171 Å². The first kappa shape index (κ1) is 56.0. The lowest BCUT2D eigenvalue weighted by molar-refractivity contribution is -0.493. The Labute approximate surface area is 291 Å². The van der Waals surface area contributed by atoms with Gasteiger partial charge in [0.15, 0.2) is 0 Å². The van der Waals surface area contributed by atoms with Gasteiger partial charge in [-0.25, -0.2) is 8.78 Å². The van der Waals surface area contributed by atoms with Gasteiger partial charge in [0.25, 0.3) is 0 Å². The van der Waals surface area contributed by atoms with Gasteiger partial charge in [-0.2, -0.15) is 162 Å². The van der Waals surface area contributed by atoms with E-state index in [1.54, 1.807) is 0 Å². The molecule has 0 aliphatic carbocycles. The summed E-state index contributed by atoms with van der Waals surface area (Å²) in [7, 11) is 0. The van der Waals surface area contributed by atoms with E-state index >= 15 is 0 Å². The second-order valence-corrected chi connectivity index (χ2v) is 10.7. The fourth-order valence-electron chi connectivity index (χ4n) is 3.35. The van der Waals surface area contributed by atoms with Crippen LogP contribution in [0.2, 0.25) is 0 Å². The quantitative estimate of drug-likeness (QED) is 0.127. The second-order valence-electron chi connectivity index (χ2n) is 10.7. The molecule has 0 aromatic carbocycles. The highest BCUT2D eigenvalue weighted by Crippen LogP contribution is 2.70. The summed E-state index contributed by atoms with van der Waals surface area (Å²) in [5, 5.41) is 0. The van der Waals surface area contributed by atoms with Gasteiger partial charge in [-0.3, -0.25) is 0 Å². The summed E-state index contributed by atoms with van der Waals surface area (Å²) in [6.45, 7) is 0. The van der Waals surface area contributed by atoms with Crippen molar-refractivity contribution < 1.29 is 171 Å². The molecular weight excluding hydrogens is 981 g/mol. The van der Waals surface area contributed by atoms with Crippen molar-refractivity contribution in [2.75, 3.05) is 0 Å². The topological polar surface area (TPSA) is 0 Å². The molecule has 0 heterocycles. The third kappa shape index (κ3) is 6.19. The van der Waals surface area contributed by atoms with Crippen LogP contribution in [-0.4, -0.2) is 107 Å². The monoisotopic (exact) mass is 982 g/mol. The fourth-order valence-corrected chi connectivity index (χ4v) is 3.35. The zero-order valence-corrected chi connectivity index (χ0v) is 24.8. The molecule has 0 nitrogen and oxygen atoms in total. The first-order chi connectivity index (χ1) is 24.7. The summed E-state index contributed by atoms with van der Waals surface area (Å²) in [5.41, 5.74) is 0. The zero-order valence-electron chi connectivity index (χ0n) is 24.8. The van der Waals surface area contributed by atoms with Gasteiger partial charge in [0.1, 0.15) is 6.33 Å². The van der Waals surface area contributed by atoms with Crippen molar-refractivity contribution in [3.05, 3.63) is 12.2 Å². The molecule has 0 fully saturated rings. The second kappa shape index (κ2) is 13.5. The molecule has 0 saturated heterocycles. The van der Waals surface area contributed by atoms with Crippen LogP contribution in [0.1, 0.15) is 0 Å². The third-order valence-corrected chi connectivity index (χ3v) is 7.06. The van der Waals surface area contributed by atoms with Crippen LogP contribution in [0.3, 0.4) is 0 Å². The van der Waals surface area contributed by atoms with Crippen molar-refractivity contribution in [3.8, 4) is 0 Å². The number of hydrogen-bond acceptors (Lipinski definition) is 0. The summed E-state index contributed by atoms with van der Waals surface area (Å²) < 4.78 is 523. The Morgan fingerprint density at radius 1 is 0.203 bits per heavy atom. The Morgan fingerprint density at radius 2 is 0.322 bits per heavy atom. The summed E-state index contributed by atoms with van der Waals surface area (Å²) >= 11 is 0. The minimum atomic E-state index is -10.5. The number of halogens is 39. The van der Waals surface area contributed by atoms with E-state index in [1.165, 1.54) is 0 Å². The first-order valence-electron chi connectivity index (χ1n) is 12.2. The maximum Gasteiger partial charge on any atom is 0.460 e. The molecule has 0 unspecified atom stereocenters. The molecule has 0 spiro atoms. The van der Waals surface area contributed by atoms with E-state index in [1.807, 2.05) is 0 Å². The number of allylic oxidation sites excluding steroid dienone is 1. The lowest BCUT2D eigenvalue weighted by Crippen LogP contribution is -2.80. The average Bonchev–Trinajstić information content (AvgIpc) is 3.01. The minimum Gasteiger partial charge on any atom is -0.212 e. The van der Waals surface area contributed by atoms with Gasteiger partial charge in [-0.1, -0.05) is 0 Å². The lowest BCUT2D eigenvalue weighted by atomic mass is 9.82. The zero-order chi connectivity index (χ0) is 49.3. The Morgan fingerprint density at radius 3 is 0.441 bits per heavy atom. The molecule has 0 rings (SSSR count). The summed E-state index contributed by atoms with van der Waals surface area (Å²) in [4.78, 5) is 0. The summed E-state index contributed by atoms with van der Waals surface area (Å²) in [5.74, 6) is -173. The fraction of sp³-hybridized carbons (Fsp3) is 0.900. The van der Waals surface area contributed by atoms with Gasteiger partial charge in [-0.05, 0) is 0 Å². The normalized spacial score (nSPS) is 17.5. The maximum absolute atomic E-state index is 13.9. The van der Waals surface area contributed by atoms with Gasteiger partial charge in [0.2, 0.25) is 5.83 Å². The Balaban J connectivity index is 7.92. The number of hydrogen-bond donors (Lipinski definition) is 0. The van der Waals surface area contributed by atoms with Crippen molar-refractivity contribution in [3.63, 3.8) is 0 Å². The molecule has 0 aromatic rings. The molecule has 0 aliphatic heterocycles.